The summed E-state index contributed by atoms with van der Waals surface area (Å²) in [5.41, 5.74) is 0.328. The molecule has 136 valence electrons. The largest absolute Gasteiger partial charge is 0.509 e. The van der Waals surface area contributed by atoms with Crippen LogP contribution in [0.1, 0.15) is 25.0 Å². The van der Waals surface area contributed by atoms with E-state index >= 15 is 0 Å². The minimum atomic E-state index is -0.621. The van der Waals surface area contributed by atoms with Gasteiger partial charge in [0, 0.05) is 50.8 Å². The molecule has 2 fully saturated rings. The van der Waals surface area contributed by atoms with Crippen LogP contribution >= 0.6 is 0 Å². The molecule has 2 amide bonds. The lowest BCUT2D eigenvalue weighted by Gasteiger charge is -2.36. The molecule has 8 heteroatoms. The van der Waals surface area contributed by atoms with Crippen molar-refractivity contribution in [2.24, 2.45) is 0 Å². The fourth-order valence-electron chi connectivity index (χ4n) is 3.24. The molecule has 0 unspecified atom stereocenters. The Balaban J connectivity index is 1.40. The fraction of sp³-hybridized carbons (Fsp3) is 0.588. The molecule has 0 saturated carbocycles. The number of aromatic nitrogens is 1. The summed E-state index contributed by atoms with van der Waals surface area (Å²) < 4.78 is 11.8. The van der Waals surface area contributed by atoms with E-state index in [0.717, 1.165) is 5.69 Å². The number of nitrogens with one attached hydrogen (secondary N) is 1. The lowest BCUT2D eigenvalue weighted by molar-refractivity contribution is 0.00938. The summed E-state index contributed by atoms with van der Waals surface area (Å²) in [7, 11) is 0. The van der Waals surface area contributed by atoms with Gasteiger partial charge < -0.3 is 24.3 Å². The third-order valence-electron chi connectivity index (χ3n) is 4.82. The summed E-state index contributed by atoms with van der Waals surface area (Å²) in [6.45, 7) is 4.29. The number of cyclic esters (lactones) is 1. The number of amides is 2. The predicted molar refractivity (Wildman–Crippen MR) is 89.4 cm³/mol. The molecule has 8 nitrogen and oxygen atoms in total. The van der Waals surface area contributed by atoms with Crippen molar-refractivity contribution >= 4 is 12.2 Å². The Morgan fingerprint density at radius 2 is 2.04 bits per heavy atom. The van der Waals surface area contributed by atoms with Crippen LogP contribution in [0.25, 0.3) is 0 Å². The van der Waals surface area contributed by atoms with Gasteiger partial charge in [0.15, 0.2) is 5.60 Å². The summed E-state index contributed by atoms with van der Waals surface area (Å²) in [6.07, 6.45) is 1.24. The molecule has 2 aliphatic heterocycles. The SMILES string of the molecule is Cc1cccc(=O)n1CCCNC(=O)N1CCC2(CC1)COC(=O)O2. The molecule has 2 saturated heterocycles. The molecule has 0 aliphatic carbocycles. The highest BCUT2D eigenvalue weighted by Crippen LogP contribution is 2.31. The number of carbonyl (C=O) groups excluding carboxylic acids is 2. The third-order valence-corrected chi connectivity index (χ3v) is 4.82. The average molecular weight is 349 g/mol. The van der Waals surface area contributed by atoms with Crippen molar-refractivity contribution in [3.63, 3.8) is 0 Å². The molecule has 1 aromatic heterocycles. The second-order valence-electron chi connectivity index (χ2n) is 6.55. The summed E-state index contributed by atoms with van der Waals surface area (Å²) >= 11 is 0. The van der Waals surface area contributed by atoms with Crippen molar-refractivity contribution in [1.82, 2.24) is 14.8 Å². The number of pyridine rings is 1. The molecule has 25 heavy (non-hydrogen) atoms. The molecular formula is C17H23N3O5. The first-order valence-corrected chi connectivity index (χ1v) is 8.54. The van der Waals surface area contributed by atoms with Crippen LogP contribution in [-0.4, -0.2) is 53.5 Å². The Kier molecular flexibility index (Phi) is 4.96. The van der Waals surface area contributed by atoms with Gasteiger partial charge in [0.2, 0.25) is 0 Å². The third kappa shape index (κ3) is 3.94. The van der Waals surface area contributed by atoms with E-state index in [2.05, 4.69) is 5.32 Å². The van der Waals surface area contributed by atoms with Crippen LogP contribution in [0.2, 0.25) is 0 Å². The number of likely N-dealkylation sites (tertiary alicyclic amines) is 1. The zero-order valence-electron chi connectivity index (χ0n) is 14.3. The summed E-state index contributed by atoms with van der Waals surface area (Å²) in [6, 6.07) is 5.04. The number of aryl methyl sites for hydroxylation is 1. The van der Waals surface area contributed by atoms with E-state index in [0.29, 0.717) is 45.4 Å². The van der Waals surface area contributed by atoms with Crippen molar-refractivity contribution < 1.29 is 19.1 Å². The Morgan fingerprint density at radius 1 is 1.28 bits per heavy atom. The second-order valence-corrected chi connectivity index (χ2v) is 6.55. The molecule has 3 rings (SSSR count). The number of urea groups is 1. The van der Waals surface area contributed by atoms with E-state index in [4.69, 9.17) is 9.47 Å². The smallest absolute Gasteiger partial charge is 0.430 e. The monoisotopic (exact) mass is 349 g/mol. The maximum atomic E-state index is 12.2. The molecule has 0 bridgehead atoms. The maximum Gasteiger partial charge on any atom is 0.509 e. The van der Waals surface area contributed by atoms with Gasteiger partial charge in [-0.3, -0.25) is 4.79 Å². The Labute approximate surface area is 145 Å². The van der Waals surface area contributed by atoms with Gasteiger partial charge in [-0.2, -0.15) is 0 Å². The minimum absolute atomic E-state index is 0.0269. The van der Waals surface area contributed by atoms with Gasteiger partial charge in [0.05, 0.1) is 0 Å². The van der Waals surface area contributed by atoms with E-state index in [-0.39, 0.29) is 18.2 Å². The van der Waals surface area contributed by atoms with Crippen LogP contribution in [0.15, 0.2) is 23.0 Å². The number of ether oxygens (including phenoxy) is 2. The van der Waals surface area contributed by atoms with Gasteiger partial charge in [0.25, 0.3) is 5.56 Å². The van der Waals surface area contributed by atoms with Crippen molar-refractivity contribution in [2.75, 3.05) is 26.2 Å². The number of nitrogens with zero attached hydrogens (tertiary/aromatic N) is 2. The maximum absolute atomic E-state index is 12.2. The van der Waals surface area contributed by atoms with Gasteiger partial charge in [-0.05, 0) is 19.4 Å². The predicted octanol–water partition coefficient (Wildman–Crippen LogP) is 1.26. The highest BCUT2D eigenvalue weighted by Gasteiger charge is 2.45. The summed E-state index contributed by atoms with van der Waals surface area (Å²) in [5.74, 6) is 0. The van der Waals surface area contributed by atoms with E-state index < -0.39 is 11.8 Å². The first-order chi connectivity index (χ1) is 12.0. The number of rotatable bonds is 4. The molecule has 0 radical (unpaired) electrons. The van der Waals surface area contributed by atoms with E-state index in [9.17, 15) is 14.4 Å². The van der Waals surface area contributed by atoms with Crippen LogP contribution in [0.4, 0.5) is 9.59 Å². The molecule has 0 atom stereocenters. The zero-order valence-corrected chi connectivity index (χ0v) is 14.3. The van der Waals surface area contributed by atoms with Crippen molar-refractivity contribution in [1.29, 1.82) is 0 Å². The van der Waals surface area contributed by atoms with Crippen LogP contribution in [0.3, 0.4) is 0 Å². The van der Waals surface area contributed by atoms with Crippen LogP contribution in [-0.2, 0) is 16.0 Å². The number of hydrogen-bond donors (Lipinski definition) is 1. The first kappa shape index (κ1) is 17.3. The Hall–Kier alpha value is -2.51. The van der Waals surface area contributed by atoms with Gasteiger partial charge in [-0.1, -0.05) is 6.07 Å². The fourth-order valence-corrected chi connectivity index (χ4v) is 3.24. The number of hydrogen-bond acceptors (Lipinski definition) is 5. The molecule has 2 aliphatic rings. The van der Waals surface area contributed by atoms with E-state index in [1.807, 2.05) is 13.0 Å². The molecule has 1 aromatic rings. The van der Waals surface area contributed by atoms with Gasteiger partial charge in [-0.25, -0.2) is 9.59 Å². The van der Waals surface area contributed by atoms with Crippen molar-refractivity contribution in [2.45, 2.75) is 38.3 Å². The van der Waals surface area contributed by atoms with Crippen molar-refractivity contribution in [3.05, 3.63) is 34.2 Å². The summed E-state index contributed by atoms with van der Waals surface area (Å²) in [4.78, 5) is 36.8. The first-order valence-electron chi connectivity index (χ1n) is 8.54. The van der Waals surface area contributed by atoms with Crippen molar-refractivity contribution in [3.8, 4) is 0 Å². The molecular weight excluding hydrogens is 326 g/mol. The van der Waals surface area contributed by atoms with Crippen LogP contribution in [0.5, 0.6) is 0 Å². The quantitative estimate of drug-likeness (QED) is 0.653. The standard InChI is InChI=1S/C17H23N3O5/c1-13-4-2-5-14(21)20(13)9-3-8-18-15(22)19-10-6-17(7-11-19)12-24-16(23)25-17/h2,4-5H,3,6-12H2,1H3,(H,18,22). The summed E-state index contributed by atoms with van der Waals surface area (Å²) in [5, 5.41) is 2.88. The Bertz CT molecular complexity index is 706. The normalized spacial score (nSPS) is 18.8. The molecule has 1 spiro atoms. The topological polar surface area (TPSA) is 89.9 Å². The van der Waals surface area contributed by atoms with Gasteiger partial charge in [-0.15, -0.1) is 0 Å². The lowest BCUT2D eigenvalue weighted by Crippen LogP contribution is -2.51. The van der Waals surface area contributed by atoms with Crippen LogP contribution in [0, 0.1) is 6.92 Å². The second kappa shape index (κ2) is 7.16. The highest BCUT2D eigenvalue weighted by molar-refractivity contribution is 5.74. The lowest BCUT2D eigenvalue weighted by atomic mass is 9.92. The van der Waals surface area contributed by atoms with Gasteiger partial charge >= 0.3 is 12.2 Å². The minimum Gasteiger partial charge on any atom is -0.430 e. The van der Waals surface area contributed by atoms with Gasteiger partial charge in [0.1, 0.15) is 6.61 Å². The zero-order chi connectivity index (χ0) is 17.9. The molecule has 0 aromatic carbocycles. The average Bonchev–Trinajstić information content (AvgIpc) is 2.94. The Morgan fingerprint density at radius 3 is 2.68 bits per heavy atom. The highest BCUT2D eigenvalue weighted by atomic mass is 16.8. The number of carbonyl (C=O) groups is 2. The molecule has 3 heterocycles. The van der Waals surface area contributed by atoms with E-state index in [1.165, 1.54) is 6.07 Å². The van der Waals surface area contributed by atoms with E-state index in [1.54, 1.807) is 15.5 Å². The number of piperidine rings is 1. The van der Waals surface area contributed by atoms with Crippen LogP contribution < -0.4 is 10.9 Å². The molecule has 1 N–H and O–H groups in total.